The van der Waals surface area contributed by atoms with E-state index in [9.17, 15) is 23.3 Å². The van der Waals surface area contributed by atoms with Crippen molar-refractivity contribution in [3.8, 4) is 11.5 Å². The van der Waals surface area contributed by atoms with Crippen LogP contribution in [0, 0.1) is 16.0 Å². The second-order valence-corrected chi connectivity index (χ2v) is 9.37. The van der Waals surface area contributed by atoms with E-state index in [-0.39, 0.29) is 36.5 Å². The van der Waals surface area contributed by atoms with Crippen molar-refractivity contribution in [1.82, 2.24) is 4.31 Å². The number of methoxy groups -OCH3 is 2. The number of nitro groups is 1. The van der Waals surface area contributed by atoms with Gasteiger partial charge in [0.1, 0.15) is 17.2 Å². The molecule has 1 aliphatic rings. The first kappa shape index (κ1) is 24.9. The van der Waals surface area contributed by atoms with Gasteiger partial charge in [-0.05, 0) is 43.2 Å². The third kappa shape index (κ3) is 5.43. The van der Waals surface area contributed by atoms with Crippen LogP contribution in [0.5, 0.6) is 11.5 Å². The largest absolute Gasteiger partial charge is 0.497 e. The van der Waals surface area contributed by atoms with E-state index in [1.807, 2.05) is 0 Å². The number of sulfonamides is 1. The summed E-state index contributed by atoms with van der Waals surface area (Å²) < 4.78 is 37.5. The lowest BCUT2D eigenvalue weighted by molar-refractivity contribution is -0.384. The number of benzene rings is 2. The van der Waals surface area contributed by atoms with E-state index in [0.717, 1.165) is 10.4 Å². The molecule has 0 bridgehead atoms. The summed E-state index contributed by atoms with van der Waals surface area (Å²) >= 11 is 0. The zero-order valence-corrected chi connectivity index (χ0v) is 19.3. The number of ether oxygens (including phenoxy) is 2. The van der Waals surface area contributed by atoms with Crippen molar-refractivity contribution in [1.29, 1.82) is 0 Å². The standard InChI is InChI=1S/C21H24N4O8S/c1-32-16-3-6-20(33-2)15(11-16)13-22-23-18-5-4-17(12-19(18)25(28)29)34(30,31)24-9-7-14(8-10-24)21(26)27/h3-6,11-14,23H,7-10H2,1-2H3,(H,26,27)/b22-13+. The zero-order valence-electron chi connectivity index (χ0n) is 18.5. The van der Waals surface area contributed by atoms with Gasteiger partial charge in [0.25, 0.3) is 5.69 Å². The molecule has 0 unspecified atom stereocenters. The summed E-state index contributed by atoms with van der Waals surface area (Å²) in [5.74, 6) is -0.493. The maximum atomic E-state index is 13.0. The molecule has 0 aromatic heterocycles. The first-order chi connectivity index (χ1) is 16.2. The number of carboxylic acids is 1. The second-order valence-electron chi connectivity index (χ2n) is 7.43. The van der Waals surface area contributed by atoms with Crippen molar-refractivity contribution in [3.05, 3.63) is 52.1 Å². The first-order valence-electron chi connectivity index (χ1n) is 10.2. The average Bonchev–Trinajstić information content (AvgIpc) is 2.83. The number of carbonyl (C=O) groups is 1. The average molecular weight is 493 g/mol. The Hall–Kier alpha value is -3.71. The predicted octanol–water partition coefficient (Wildman–Crippen LogP) is 2.54. The Balaban J connectivity index is 1.82. The predicted molar refractivity (Wildman–Crippen MR) is 123 cm³/mol. The lowest BCUT2D eigenvalue weighted by Crippen LogP contribution is -2.40. The van der Waals surface area contributed by atoms with Crippen LogP contribution in [0.15, 0.2) is 46.4 Å². The van der Waals surface area contributed by atoms with Gasteiger partial charge in [-0.25, -0.2) is 8.42 Å². The van der Waals surface area contributed by atoms with Gasteiger partial charge in [-0.1, -0.05) is 0 Å². The molecule has 1 heterocycles. The number of hydrogen-bond donors (Lipinski definition) is 2. The summed E-state index contributed by atoms with van der Waals surface area (Å²) in [6.07, 6.45) is 1.75. The van der Waals surface area contributed by atoms with Crippen LogP contribution >= 0.6 is 0 Å². The fraction of sp³-hybridized carbons (Fsp3) is 0.333. The van der Waals surface area contributed by atoms with Crippen molar-refractivity contribution < 1.29 is 32.7 Å². The number of aliphatic carboxylic acids is 1. The number of nitrogens with zero attached hydrogens (tertiary/aromatic N) is 3. The van der Waals surface area contributed by atoms with Crippen LogP contribution in [-0.4, -0.2) is 62.2 Å². The normalized spacial score (nSPS) is 15.2. The third-order valence-electron chi connectivity index (χ3n) is 5.43. The van der Waals surface area contributed by atoms with Gasteiger partial charge in [-0.3, -0.25) is 20.3 Å². The molecule has 34 heavy (non-hydrogen) atoms. The highest BCUT2D eigenvalue weighted by atomic mass is 32.2. The molecule has 0 spiro atoms. The highest BCUT2D eigenvalue weighted by Gasteiger charge is 2.33. The molecule has 2 aromatic carbocycles. The third-order valence-corrected chi connectivity index (χ3v) is 7.33. The van der Waals surface area contributed by atoms with E-state index in [4.69, 9.17) is 14.6 Å². The van der Waals surface area contributed by atoms with E-state index in [1.54, 1.807) is 18.2 Å². The molecule has 0 amide bonds. The summed E-state index contributed by atoms with van der Waals surface area (Å²) in [7, 11) is -1.03. The van der Waals surface area contributed by atoms with Crippen molar-refractivity contribution in [2.75, 3.05) is 32.7 Å². The Morgan fingerprint density at radius 2 is 1.91 bits per heavy atom. The van der Waals surface area contributed by atoms with Gasteiger partial charge < -0.3 is 14.6 Å². The van der Waals surface area contributed by atoms with E-state index in [1.165, 1.54) is 32.6 Å². The molecule has 1 aliphatic heterocycles. The maximum Gasteiger partial charge on any atom is 0.306 e. The number of nitro benzene ring substituents is 1. The summed E-state index contributed by atoms with van der Waals surface area (Å²) in [4.78, 5) is 21.8. The monoisotopic (exact) mass is 492 g/mol. The van der Waals surface area contributed by atoms with E-state index in [0.29, 0.717) is 17.1 Å². The maximum absolute atomic E-state index is 13.0. The minimum absolute atomic E-state index is 0.00773. The summed E-state index contributed by atoms with van der Waals surface area (Å²) in [6, 6.07) is 8.52. The summed E-state index contributed by atoms with van der Waals surface area (Å²) in [5.41, 5.74) is 2.64. The van der Waals surface area contributed by atoms with Gasteiger partial charge in [0, 0.05) is 24.7 Å². The Kier molecular flexibility index (Phi) is 7.68. The van der Waals surface area contributed by atoms with Crippen molar-refractivity contribution >= 4 is 33.6 Å². The van der Waals surface area contributed by atoms with Gasteiger partial charge in [-0.2, -0.15) is 9.41 Å². The number of piperidine rings is 1. The molecule has 1 fully saturated rings. The lowest BCUT2D eigenvalue weighted by Gasteiger charge is -2.29. The van der Waals surface area contributed by atoms with E-state index >= 15 is 0 Å². The van der Waals surface area contributed by atoms with Crippen molar-refractivity contribution in [2.24, 2.45) is 11.0 Å². The number of carboxylic acid groups (broad SMARTS) is 1. The molecule has 0 atom stereocenters. The molecular formula is C21H24N4O8S. The van der Waals surface area contributed by atoms with Crippen molar-refractivity contribution in [3.63, 3.8) is 0 Å². The quantitative estimate of drug-likeness (QED) is 0.304. The van der Waals surface area contributed by atoms with Gasteiger partial charge in [-0.15, -0.1) is 0 Å². The van der Waals surface area contributed by atoms with Gasteiger partial charge in [0.05, 0.1) is 36.2 Å². The summed E-state index contributed by atoms with van der Waals surface area (Å²) in [6.45, 7) is 0.0551. The number of hydrogen-bond acceptors (Lipinski definition) is 9. The second kappa shape index (κ2) is 10.5. The summed E-state index contributed by atoms with van der Waals surface area (Å²) in [5, 5.41) is 24.7. The molecule has 12 nitrogen and oxygen atoms in total. The number of anilines is 1. The van der Waals surface area contributed by atoms with Crippen LogP contribution in [0.1, 0.15) is 18.4 Å². The molecule has 0 aliphatic carbocycles. The van der Waals surface area contributed by atoms with Crippen LogP contribution in [0.3, 0.4) is 0 Å². The molecule has 2 N–H and O–H groups in total. The number of rotatable bonds is 9. The Morgan fingerprint density at radius 1 is 1.21 bits per heavy atom. The topological polar surface area (TPSA) is 161 Å². The molecule has 3 rings (SSSR count). The highest BCUT2D eigenvalue weighted by molar-refractivity contribution is 7.89. The van der Waals surface area contributed by atoms with Crippen molar-refractivity contribution in [2.45, 2.75) is 17.7 Å². The highest BCUT2D eigenvalue weighted by Crippen LogP contribution is 2.31. The Bertz CT molecular complexity index is 1210. The lowest BCUT2D eigenvalue weighted by atomic mass is 9.99. The Morgan fingerprint density at radius 3 is 2.50 bits per heavy atom. The van der Waals surface area contributed by atoms with Crippen LogP contribution in [0.2, 0.25) is 0 Å². The zero-order chi connectivity index (χ0) is 24.9. The molecular weight excluding hydrogens is 468 g/mol. The van der Waals surface area contributed by atoms with Gasteiger partial charge >= 0.3 is 5.97 Å². The minimum atomic E-state index is -4.02. The number of nitrogens with one attached hydrogen (secondary N) is 1. The smallest absolute Gasteiger partial charge is 0.306 e. The van der Waals surface area contributed by atoms with E-state index in [2.05, 4.69) is 10.5 Å². The SMILES string of the molecule is COc1ccc(OC)c(/C=N/Nc2ccc(S(=O)(=O)N3CCC(C(=O)O)CC3)cc2[N+](=O)[O-])c1. The molecule has 0 saturated carbocycles. The van der Waals surface area contributed by atoms with Gasteiger partial charge in [0.2, 0.25) is 10.0 Å². The minimum Gasteiger partial charge on any atom is -0.497 e. The molecule has 182 valence electrons. The van der Waals surface area contributed by atoms with Gasteiger partial charge in [0.15, 0.2) is 0 Å². The molecule has 13 heteroatoms. The van der Waals surface area contributed by atoms with Crippen LogP contribution in [-0.2, 0) is 14.8 Å². The Labute approximate surface area is 196 Å². The van der Waals surface area contributed by atoms with E-state index < -0.39 is 32.5 Å². The molecule has 0 radical (unpaired) electrons. The fourth-order valence-corrected chi connectivity index (χ4v) is 5.01. The molecule has 2 aromatic rings. The van der Waals surface area contributed by atoms with Crippen LogP contribution < -0.4 is 14.9 Å². The number of hydrazone groups is 1. The van der Waals surface area contributed by atoms with Crippen LogP contribution in [0.25, 0.3) is 0 Å². The fourth-order valence-electron chi connectivity index (χ4n) is 3.52. The van der Waals surface area contributed by atoms with Crippen LogP contribution in [0.4, 0.5) is 11.4 Å². The molecule has 1 saturated heterocycles. The first-order valence-corrected chi connectivity index (χ1v) is 11.6.